The minimum Gasteiger partial charge on any atom is -0.447 e. The van der Waals surface area contributed by atoms with E-state index in [0.29, 0.717) is 25.5 Å². The van der Waals surface area contributed by atoms with Gasteiger partial charge in [-0.15, -0.1) is 0 Å². The summed E-state index contributed by atoms with van der Waals surface area (Å²) < 4.78 is 37.2. The monoisotopic (exact) mass is 316 g/mol. The minimum absolute atomic E-state index is 0.0267. The third-order valence-corrected chi connectivity index (χ3v) is 5.22. The van der Waals surface area contributed by atoms with Crippen LogP contribution >= 0.6 is 0 Å². The lowest BCUT2D eigenvalue weighted by Crippen LogP contribution is -2.35. The number of hydrogen-bond donors (Lipinski definition) is 1. The van der Waals surface area contributed by atoms with Gasteiger partial charge in [0.1, 0.15) is 5.76 Å². The number of methoxy groups -OCH3 is 1. The molecular formula is C14H24N2O4S. The van der Waals surface area contributed by atoms with E-state index in [0.717, 1.165) is 25.8 Å². The molecule has 1 aliphatic rings. The molecule has 0 bridgehead atoms. The van der Waals surface area contributed by atoms with Crippen LogP contribution in [0, 0.1) is 0 Å². The summed E-state index contributed by atoms with van der Waals surface area (Å²) >= 11 is 0. The standard InChI is InChI=1S/C14H24N2O4S/c1-3-8-15-11-13-6-7-14(20-13)21(17,18)16(9-10-19-2)12-4-5-12/h6-7,12,15H,3-5,8-11H2,1-2H3. The van der Waals surface area contributed by atoms with Crippen molar-refractivity contribution >= 4 is 10.0 Å². The molecule has 6 nitrogen and oxygen atoms in total. The second-order valence-electron chi connectivity index (χ2n) is 5.24. The predicted molar refractivity (Wildman–Crippen MR) is 79.5 cm³/mol. The molecule has 0 radical (unpaired) electrons. The number of nitrogens with zero attached hydrogens (tertiary/aromatic N) is 1. The molecule has 0 atom stereocenters. The van der Waals surface area contributed by atoms with Crippen LogP contribution in [-0.2, 0) is 21.3 Å². The fourth-order valence-electron chi connectivity index (χ4n) is 2.14. The molecule has 120 valence electrons. The highest BCUT2D eigenvalue weighted by molar-refractivity contribution is 7.89. The average Bonchev–Trinajstić information content (AvgIpc) is 3.16. The summed E-state index contributed by atoms with van der Waals surface area (Å²) in [5.74, 6) is 0.643. The number of furan rings is 1. The average molecular weight is 316 g/mol. The van der Waals surface area contributed by atoms with Crippen LogP contribution < -0.4 is 5.32 Å². The molecule has 0 spiro atoms. The second-order valence-corrected chi connectivity index (χ2v) is 7.06. The van der Waals surface area contributed by atoms with Crippen molar-refractivity contribution in [2.24, 2.45) is 0 Å². The van der Waals surface area contributed by atoms with Gasteiger partial charge >= 0.3 is 0 Å². The molecule has 1 aliphatic carbocycles. The lowest BCUT2D eigenvalue weighted by Gasteiger charge is -2.19. The van der Waals surface area contributed by atoms with Crippen LogP contribution in [-0.4, -0.2) is 45.6 Å². The first kappa shape index (κ1) is 16.5. The molecule has 1 fully saturated rings. The van der Waals surface area contributed by atoms with Gasteiger partial charge in [0.2, 0.25) is 5.09 Å². The Balaban J connectivity index is 2.06. The van der Waals surface area contributed by atoms with Gasteiger partial charge in [0.25, 0.3) is 10.0 Å². The summed E-state index contributed by atoms with van der Waals surface area (Å²) in [6, 6.07) is 3.36. The molecule has 0 unspecified atom stereocenters. The first-order chi connectivity index (χ1) is 10.1. The SMILES string of the molecule is CCCNCc1ccc(S(=O)(=O)N(CCOC)C2CC2)o1. The van der Waals surface area contributed by atoms with Crippen LogP contribution in [0.15, 0.2) is 21.6 Å². The second kappa shape index (κ2) is 7.40. The third-order valence-electron chi connectivity index (χ3n) is 3.40. The zero-order valence-corrected chi connectivity index (χ0v) is 13.5. The van der Waals surface area contributed by atoms with Crippen molar-refractivity contribution < 1.29 is 17.6 Å². The lowest BCUT2D eigenvalue weighted by molar-refractivity contribution is 0.176. The largest absolute Gasteiger partial charge is 0.447 e. The van der Waals surface area contributed by atoms with Gasteiger partial charge in [-0.2, -0.15) is 4.31 Å². The molecule has 1 N–H and O–H groups in total. The number of rotatable bonds is 10. The molecule has 7 heteroatoms. The highest BCUT2D eigenvalue weighted by Crippen LogP contribution is 2.32. The first-order valence-corrected chi connectivity index (χ1v) is 8.83. The normalized spacial score (nSPS) is 15.8. The topological polar surface area (TPSA) is 71.8 Å². The van der Waals surface area contributed by atoms with E-state index >= 15 is 0 Å². The molecular weight excluding hydrogens is 292 g/mol. The van der Waals surface area contributed by atoms with Crippen LogP contribution in [0.2, 0.25) is 0 Å². The van der Waals surface area contributed by atoms with Crippen molar-refractivity contribution in [2.75, 3.05) is 26.8 Å². The van der Waals surface area contributed by atoms with Gasteiger partial charge in [-0.05, 0) is 37.9 Å². The van der Waals surface area contributed by atoms with E-state index in [1.807, 2.05) is 0 Å². The van der Waals surface area contributed by atoms with Gasteiger partial charge in [-0.3, -0.25) is 0 Å². The van der Waals surface area contributed by atoms with Crippen molar-refractivity contribution in [3.05, 3.63) is 17.9 Å². The number of nitrogens with one attached hydrogen (secondary N) is 1. The molecule has 0 amide bonds. The molecule has 1 aromatic heterocycles. The van der Waals surface area contributed by atoms with Crippen molar-refractivity contribution in [3.8, 4) is 0 Å². The molecule has 21 heavy (non-hydrogen) atoms. The third kappa shape index (κ3) is 4.29. The number of sulfonamides is 1. The maximum atomic E-state index is 12.6. The maximum absolute atomic E-state index is 12.6. The van der Waals surface area contributed by atoms with Crippen LogP contribution in [0.1, 0.15) is 31.9 Å². The molecule has 0 aromatic carbocycles. The lowest BCUT2D eigenvalue weighted by atomic mass is 10.4. The summed E-state index contributed by atoms with van der Waals surface area (Å²) in [4.78, 5) is 0. The van der Waals surface area contributed by atoms with E-state index in [1.165, 1.54) is 4.31 Å². The summed E-state index contributed by atoms with van der Waals surface area (Å²) in [6.07, 6.45) is 2.85. The number of hydrogen-bond acceptors (Lipinski definition) is 5. The predicted octanol–water partition coefficient (Wildman–Crippen LogP) is 1.58. The Morgan fingerprint density at radius 3 is 2.81 bits per heavy atom. The first-order valence-electron chi connectivity index (χ1n) is 7.39. The molecule has 1 aromatic rings. The zero-order valence-electron chi connectivity index (χ0n) is 12.7. The Hall–Kier alpha value is -0.890. The van der Waals surface area contributed by atoms with Crippen molar-refractivity contribution in [2.45, 2.75) is 43.9 Å². The number of ether oxygens (including phenoxy) is 1. The van der Waals surface area contributed by atoms with Crippen LogP contribution in [0.5, 0.6) is 0 Å². The quantitative estimate of drug-likeness (QED) is 0.664. The molecule has 1 saturated carbocycles. The molecule has 0 aliphatic heterocycles. The van der Waals surface area contributed by atoms with E-state index < -0.39 is 10.0 Å². The van der Waals surface area contributed by atoms with Gasteiger partial charge in [0, 0.05) is 19.7 Å². The fraction of sp³-hybridized carbons (Fsp3) is 0.714. The summed E-state index contributed by atoms with van der Waals surface area (Å²) in [5.41, 5.74) is 0. The molecule has 2 rings (SSSR count). The highest BCUT2D eigenvalue weighted by atomic mass is 32.2. The Bertz CT molecular complexity index is 537. The van der Waals surface area contributed by atoms with Crippen LogP contribution in [0.3, 0.4) is 0 Å². The fourth-order valence-corrected chi connectivity index (χ4v) is 3.74. The van der Waals surface area contributed by atoms with E-state index in [1.54, 1.807) is 19.2 Å². The van der Waals surface area contributed by atoms with E-state index in [9.17, 15) is 8.42 Å². The van der Waals surface area contributed by atoms with Crippen molar-refractivity contribution in [1.82, 2.24) is 9.62 Å². The van der Waals surface area contributed by atoms with Gasteiger partial charge < -0.3 is 14.5 Å². The maximum Gasteiger partial charge on any atom is 0.276 e. The van der Waals surface area contributed by atoms with Gasteiger partial charge in [0.15, 0.2) is 0 Å². The Labute approximate surface area is 126 Å². The Morgan fingerprint density at radius 2 is 2.19 bits per heavy atom. The Kier molecular flexibility index (Phi) is 5.80. The highest BCUT2D eigenvalue weighted by Gasteiger charge is 2.39. The van der Waals surface area contributed by atoms with E-state index in [2.05, 4.69) is 12.2 Å². The van der Waals surface area contributed by atoms with Gasteiger partial charge in [0.05, 0.1) is 13.2 Å². The minimum atomic E-state index is -3.56. The zero-order chi connectivity index (χ0) is 15.3. The van der Waals surface area contributed by atoms with Crippen LogP contribution in [0.4, 0.5) is 0 Å². The van der Waals surface area contributed by atoms with E-state index in [-0.39, 0.29) is 11.1 Å². The Morgan fingerprint density at radius 1 is 1.43 bits per heavy atom. The summed E-state index contributed by atoms with van der Waals surface area (Å²) in [5, 5.41) is 3.22. The smallest absolute Gasteiger partial charge is 0.276 e. The van der Waals surface area contributed by atoms with Gasteiger partial charge in [-0.1, -0.05) is 6.92 Å². The molecule has 1 heterocycles. The molecule has 0 saturated heterocycles. The van der Waals surface area contributed by atoms with Crippen molar-refractivity contribution in [3.63, 3.8) is 0 Å². The van der Waals surface area contributed by atoms with Crippen LogP contribution in [0.25, 0.3) is 0 Å². The van der Waals surface area contributed by atoms with E-state index in [4.69, 9.17) is 9.15 Å². The van der Waals surface area contributed by atoms with Gasteiger partial charge in [-0.25, -0.2) is 8.42 Å². The summed E-state index contributed by atoms with van der Waals surface area (Å²) in [6.45, 7) is 4.26. The van der Waals surface area contributed by atoms with Crippen molar-refractivity contribution in [1.29, 1.82) is 0 Å². The summed E-state index contributed by atoms with van der Waals surface area (Å²) in [7, 11) is -1.99.